The highest BCUT2D eigenvalue weighted by atomic mass is 32.2. The van der Waals surface area contributed by atoms with Crippen molar-refractivity contribution >= 4 is 26.5 Å². The molecule has 0 bridgehead atoms. The first-order valence-electron chi connectivity index (χ1n) is 7.32. The number of hydrogen-bond acceptors (Lipinski definition) is 5. The van der Waals surface area contributed by atoms with E-state index in [1.54, 1.807) is 0 Å². The summed E-state index contributed by atoms with van der Waals surface area (Å²) >= 11 is 0.800. The van der Waals surface area contributed by atoms with Gasteiger partial charge in [0.1, 0.15) is 11.6 Å². The third-order valence-corrected chi connectivity index (χ3v) is 6.66. The van der Waals surface area contributed by atoms with E-state index < -0.39 is 38.4 Å². The van der Waals surface area contributed by atoms with Gasteiger partial charge in [0, 0.05) is 31.6 Å². The number of anilines is 1. The third kappa shape index (κ3) is 3.53. The highest BCUT2D eigenvalue weighted by Crippen LogP contribution is 2.33. The Kier molecular flexibility index (Phi) is 4.92. The van der Waals surface area contributed by atoms with E-state index in [2.05, 4.69) is 4.98 Å². The SMILES string of the molecule is O=S(=O)(c1c(F)cccc1F)N1CCN(c2nc(C(F)(F)F)cs2)CC1. The van der Waals surface area contributed by atoms with Crippen molar-refractivity contribution in [3.63, 3.8) is 0 Å². The minimum absolute atomic E-state index is 0.0557. The Morgan fingerprint density at radius 3 is 2.12 bits per heavy atom. The number of sulfonamides is 1. The summed E-state index contributed by atoms with van der Waals surface area (Å²) in [7, 11) is -4.39. The molecular formula is C14H12F5N3O2S2. The number of rotatable bonds is 3. The lowest BCUT2D eigenvalue weighted by Gasteiger charge is -2.33. The second kappa shape index (κ2) is 6.74. The number of thiazole rings is 1. The standard InChI is InChI=1S/C14H12F5N3O2S2/c15-9-2-1-3-10(16)12(9)26(23,24)22-6-4-21(5-7-22)13-20-11(8-25-13)14(17,18)19/h1-3,8H,4-7H2. The Balaban J connectivity index is 1.75. The maximum Gasteiger partial charge on any atom is 0.434 e. The van der Waals surface area contributed by atoms with E-state index in [9.17, 15) is 30.4 Å². The predicted octanol–water partition coefficient (Wildman–Crippen LogP) is 2.95. The van der Waals surface area contributed by atoms with Gasteiger partial charge in [-0.2, -0.15) is 17.5 Å². The molecule has 0 amide bonds. The topological polar surface area (TPSA) is 53.5 Å². The molecule has 1 aromatic heterocycles. The van der Waals surface area contributed by atoms with Crippen LogP contribution in [0.4, 0.5) is 27.1 Å². The average molecular weight is 413 g/mol. The van der Waals surface area contributed by atoms with Crippen molar-refractivity contribution in [3.05, 3.63) is 40.9 Å². The predicted molar refractivity (Wildman–Crippen MR) is 84.4 cm³/mol. The highest BCUT2D eigenvalue weighted by molar-refractivity contribution is 7.89. The van der Waals surface area contributed by atoms with Crippen LogP contribution in [0.5, 0.6) is 0 Å². The molecule has 1 fully saturated rings. The van der Waals surface area contributed by atoms with Crippen molar-refractivity contribution in [1.82, 2.24) is 9.29 Å². The van der Waals surface area contributed by atoms with Crippen LogP contribution in [0.1, 0.15) is 5.69 Å². The van der Waals surface area contributed by atoms with E-state index in [4.69, 9.17) is 0 Å². The van der Waals surface area contributed by atoms with Crippen LogP contribution in [0.3, 0.4) is 0 Å². The summed E-state index contributed by atoms with van der Waals surface area (Å²) < 4.78 is 91.3. The Morgan fingerprint density at radius 2 is 1.62 bits per heavy atom. The minimum Gasteiger partial charge on any atom is -0.345 e. The summed E-state index contributed by atoms with van der Waals surface area (Å²) in [6.45, 7) is -0.145. The van der Waals surface area contributed by atoms with Gasteiger partial charge in [0.25, 0.3) is 0 Å². The van der Waals surface area contributed by atoms with Crippen molar-refractivity contribution in [1.29, 1.82) is 0 Å². The summed E-state index contributed by atoms with van der Waals surface area (Å²) in [4.78, 5) is 3.99. The van der Waals surface area contributed by atoms with Crippen LogP contribution < -0.4 is 4.90 Å². The second-order valence-electron chi connectivity index (χ2n) is 5.45. The van der Waals surface area contributed by atoms with Crippen molar-refractivity contribution in [2.75, 3.05) is 31.1 Å². The van der Waals surface area contributed by atoms with E-state index in [1.165, 1.54) is 4.90 Å². The molecule has 0 N–H and O–H groups in total. The van der Waals surface area contributed by atoms with Gasteiger partial charge in [-0.1, -0.05) is 6.07 Å². The zero-order valence-electron chi connectivity index (χ0n) is 13.0. The first-order valence-corrected chi connectivity index (χ1v) is 9.64. The molecule has 1 aliphatic rings. The van der Waals surface area contributed by atoms with Crippen LogP contribution in [0.25, 0.3) is 0 Å². The number of halogens is 5. The van der Waals surface area contributed by atoms with Crippen LogP contribution in [0.15, 0.2) is 28.5 Å². The Morgan fingerprint density at radius 1 is 1.04 bits per heavy atom. The molecule has 3 rings (SSSR count). The van der Waals surface area contributed by atoms with Crippen molar-refractivity contribution < 1.29 is 30.4 Å². The lowest BCUT2D eigenvalue weighted by atomic mass is 10.3. The normalized spacial score (nSPS) is 16.9. The van der Waals surface area contributed by atoms with Crippen LogP contribution in [0, 0.1) is 11.6 Å². The van der Waals surface area contributed by atoms with E-state index in [-0.39, 0.29) is 31.3 Å². The molecule has 2 heterocycles. The summed E-state index contributed by atoms with van der Waals surface area (Å²) in [5, 5.41) is 0.999. The van der Waals surface area contributed by atoms with E-state index in [0.717, 1.165) is 39.2 Å². The first-order chi connectivity index (χ1) is 12.1. The van der Waals surface area contributed by atoms with Crippen molar-refractivity contribution in [3.8, 4) is 0 Å². The molecule has 5 nitrogen and oxygen atoms in total. The van der Waals surface area contributed by atoms with Gasteiger partial charge >= 0.3 is 6.18 Å². The number of benzene rings is 1. The number of nitrogens with zero attached hydrogens (tertiary/aromatic N) is 3. The molecule has 0 unspecified atom stereocenters. The van der Waals surface area contributed by atoms with Gasteiger partial charge in [0.05, 0.1) is 0 Å². The summed E-state index contributed by atoms with van der Waals surface area (Å²) in [6, 6.07) is 2.75. The molecular weight excluding hydrogens is 401 g/mol. The fourth-order valence-corrected chi connectivity index (χ4v) is 4.93. The van der Waals surface area contributed by atoms with Crippen LogP contribution in [-0.4, -0.2) is 43.9 Å². The van der Waals surface area contributed by atoms with Gasteiger partial charge < -0.3 is 4.90 Å². The van der Waals surface area contributed by atoms with Gasteiger partial charge in [-0.15, -0.1) is 11.3 Å². The van der Waals surface area contributed by atoms with Crippen LogP contribution in [0.2, 0.25) is 0 Å². The quantitative estimate of drug-likeness (QED) is 0.727. The highest BCUT2D eigenvalue weighted by Gasteiger charge is 2.36. The van der Waals surface area contributed by atoms with Crippen LogP contribution in [-0.2, 0) is 16.2 Å². The van der Waals surface area contributed by atoms with Gasteiger partial charge in [-0.25, -0.2) is 22.2 Å². The molecule has 0 atom stereocenters. The van der Waals surface area contributed by atoms with E-state index in [0.29, 0.717) is 0 Å². The molecule has 0 saturated carbocycles. The van der Waals surface area contributed by atoms with Gasteiger partial charge in [0.15, 0.2) is 15.7 Å². The summed E-state index contributed by atoms with van der Waals surface area (Å²) in [5.41, 5.74) is -1.01. The van der Waals surface area contributed by atoms with Gasteiger partial charge in [-0.3, -0.25) is 0 Å². The van der Waals surface area contributed by atoms with E-state index in [1.807, 2.05) is 0 Å². The van der Waals surface area contributed by atoms with Gasteiger partial charge in [0.2, 0.25) is 10.0 Å². The summed E-state index contributed by atoms with van der Waals surface area (Å²) in [6.07, 6.45) is -4.55. The Labute approximate surface area is 149 Å². The molecule has 0 radical (unpaired) electrons. The molecule has 2 aromatic rings. The minimum atomic E-state index is -4.55. The zero-order valence-corrected chi connectivity index (χ0v) is 14.6. The lowest BCUT2D eigenvalue weighted by molar-refractivity contribution is -0.140. The number of hydrogen-bond donors (Lipinski definition) is 0. The van der Waals surface area contributed by atoms with Crippen molar-refractivity contribution in [2.24, 2.45) is 0 Å². The lowest BCUT2D eigenvalue weighted by Crippen LogP contribution is -2.49. The average Bonchev–Trinajstić information content (AvgIpc) is 3.05. The fourth-order valence-electron chi connectivity index (χ4n) is 2.52. The fraction of sp³-hybridized carbons (Fsp3) is 0.357. The Bertz CT molecular complexity index is 885. The van der Waals surface area contributed by atoms with Gasteiger partial charge in [-0.05, 0) is 12.1 Å². The zero-order chi connectivity index (χ0) is 19.1. The molecule has 12 heteroatoms. The van der Waals surface area contributed by atoms with Crippen LogP contribution >= 0.6 is 11.3 Å². The van der Waals surface area contributed by atoms with E-state index >= 15 is 0 Å². The second-order valence-corrected chi connectivity index (χ2v) is 8.17. The number of alkyl halides is 3. The maximum absolute atomic E-state index is 13.8. The monoisotopic (exact) mass is 413 g/mol. The molecule has 0 aliphatic carbocycles. The maximum atomic E-state index is 13.8. The molecule has 0 spiro atoms. The molecule has 1 aliphatic heterocycles. The Hall–Kier alpha value is -1.79. The number of aromatic nitrogens is 1. The number of piperazine rings is 1. The molecule has 1 aromatic carbocycles. The molecule has 142 valence electrons. The third-order valence-electron chi connectivity index (χ3n) is 3.81. The summed E-state index contributed by atoms with van der Waals surface area (Å²) in [5.74, 6) is -2.38. The largest absolute Gasteiger partial charge is 0.434 e. The molecule has 26 heavy (non-hydrogen) atoms. The smallest absolute Gasteiger partial charge is 0.345 e. The van der Waals surface area contributed by atoms with Crippen molar-refractivity contribution in [2.45, 2.75) is 11.1 Å². The molecule has 1 saturated heterocycles. The first kappa shape index (κ1) is 19.0.